The lowest BCUT2D eigenvalue weighted by molar-refractivity contribution is -0.431. The predicted octanol–water partition coefficient (Wildman–Crippen LogP) is -3.42. The summed E-state index contributed by atoms with van der Waals surface area (Å²) in [6.45, 7) is 3.39. The maximum atomic E-state index is 13.7. The van der Waals surface area contributed by atoms with E-state index in [0.29, 0.717) is 0 Å². The Kier molecular flexibility index (Phi) is 9.56. The van der Waals surface area contributed by atoms with Gasteiger partial charge in [-0.25, -0.2) is 0 Å². The molecule has 0 radical (unpaired) electrons. The molecule has 2 aliphatic heterocycles. The molecule has 9 atom stereocenters. The Labute approximate surface area is 202 Å². The van der Waals surface area contributed by atoms with Crippen LogP contribution in [0.2, 0.25) is 0 Å². The number of aliphatic hydroxyl groups excluding tert-OH is 7. The number of ether oxygens (including phenoxy) is 3. The molecule has 2 rings (SSSR count). The number of ketones is 2. The zero-order chi connectivity index (χ0) is 26.9. The highest BCUT2D eigenvalue weighted by Crippen LogP contribution is 2.47. The Morgan fingerprint density at radius 2 is 1.26 bits per heavy atom. The molecule has 204 valence electrons. The van der Waals surface area contributed by atoms with Gasteiger partial charge in [-0.15, -0.1) is 0 Å². The molecule has 0 aliphatic carbocycles. The first kappa shape index (κ1) is 30.1. The average molecular weight is 511 g/mol. The van der Waals surface area contributed by atoms with Gasteiger partial charge in [0.15, 0.2) is 11.6 Å². The highest BCUT2D eigenvalue weighted by Gasteiger charge is 2.74. The summed E-state index contributed by atoms with van der Waals surface area (Å²) in [6.07, 6.45) is -12.5. The van der Waals surface area contributed by atoms with Crippen molar-refractivity contribution in [1.82, 2.24) is 0 Å². The van der Waals surface area contributed by atoms with E-state index >= 15 is 0 Å². The van der Waals surface area contributed by atoms with Gasteiger partial charge in [0.2, 0.25) is 11.4 Å². The number of hydrogen-bond donors (Lipinski definition) is 8. The van der Waals surface area contributed by atoms with Gasteiger partial charge >= 0.3 is 0 Å². The van der Waals surface area contributed by atoms with Crippen LogP contribution in [0.5, 0.6) is 0 Å². The molecule has 1 unspecified atom stereocenters. The summed E-state index contributed by atoms with van der Waals surface area (Å²) in [7, 11) is 0. The number of aliphatic hydroxyl groups is 8. The molecule has 0 aromatic heterocycles. The van der Waals surface area contributed by atoms with Crippen LogP contribution in [0.15, 0.2) is 0 Å². The van der Waals surface area contributed by atoms with Crippen LogP contribution in [0.25, 0.3) is 0 Å². The molecule has 0 spiro atoms. The summed E-state index contributed by atoms with van der Waals surface area (Å²) in [6, 6.07) is 0. The molecule has 35 heavy (non-hydrogen) atoms. The van der Waals surface area contributed by atoms with Gasteiger partial charge in [0.05, 0.1) is 13.2 Å². The third kappa shape index (κ3) is 5.05. The quantitative estimate of drug-likeness (QED) is 0.136. The van der Waals surface area contributed by atoms with Gasteiger partial charge in [-0.05, 0) is 11.8 Å². The second-order valence-electron chi connectivity index (χ2n) is 10.0. The summed E-state index contributed by atoms with van der Waals surface area (Å²) >= 11 is 0. The summed E-state index contributed by atoms with van der Waals surface area (Å²) in [5, 5.41) is 83.4. The number of carbonyl (C=O) groups is 2. The third-order valence-corrected chi connectivity index (χ3v) is 6.33. The van der Waals surface area contributed by atoms with Crippen molar-refractivity contribution in [3.8, 4) is 0 Å². The van der Waals surface area contributed by atoms with Crippen molar-refractivity contribution in [2.75, 3.05) is 19.8 Å². The molecule has 0 saturated carbocycles. The molecule has 2 fully saturated rings. The van der Waals surface area contributed by atoms with Gasteiger partial charge in [0.25, 0.3) is 5.79 Å². The van der Waals surface area contributed by atoms with Crippen LogP contribution >= 0.6 is 0 Å². The SMILES string of the molecule is CC(C)CC(=O)[C@@]1(OC2(CO)O[C@H](CO)[C@@H](O)[C@@H]2O)O[C@H](CO)[C@@H](O)[C@H](O)[C@]1(O)C(=O)CC(C)C. The summed E-state index contributed by atoms with van der Waals surface area (Å²) < 4.78 is 16.6. The highest BCUT2D eigenvalue weighted by atomic mass is 16.8. The molecule has 0 aromatic rings. The van der Waals surface area contributed by atoms with Crippen LogP contribution in [-0.4, -0.2) is 126 Å². The Hall–Kier alpha value is -1.10. The lowest BCUT2D eigenvalue weighted by atomic mass is 9.72. The van der Waals surface area contributed by atoms with E-state index < -0.39 is 110 Å². The van der Waals surface area contributed by atoms with E-state index in [2.05, 4.69) is 0 Å². The molecule has 13 nitrogen and oxygen atoms in total. The minimum atomic E-state index is -3.29. The number of hydrogen-bond acceptors (Lipinski definition) is 13. The first-order valence-electron chi connectivity index (χ1n) is 11.6. The summed E-state index contributed by atoms with van der Waals surface area (Å²) in [4.78, 5) is 27.0. The largest absolute Gasteiger partial charge is 0.394 e. The van der Waals surface area contributed by atoms with Gasteiger partial charge in [0, 0.05) is 12.8 Å². The first-order chi connectivity index (χ1) is 16.2. The monoisotopic (exact) mass is 510 g/mol. The van der Waals surface area contributed by atoms with E-state index in [9.17, 15) is 50.4 Å². The van der Waals surface area contributed by atoms with Crippen LogP contribution in [-0.2, 0) is 23.8 Å². The molecular weight excluding hydrogens is 472 g/mol. The number of Topliss-reactive ketones (excluding diaryl/α,β-unsaturated/α-hetero) is 2. The fourth-order valence-corrected chi connectivity index (χ4v) is 4.48. The lowest BCUT2D eigenvalue weighted by Crippen LogP contribution is -2.81. The van der Waals surface area contributed by atoms with E-state index in [1.54, 1.807) is 27.7 Å². The maximum Gasteiger partial charge on any atom is 0.272 e. The average Bonchev–Trinajstić information content (AvgIpc) is 3.03. The highest BCUT2D eigenvalue weighted by molar-refractivity contribution is 5.99. The molecule has 2 saturated heterocycles. The van der Waals surface area contributed by atoms with Crippen molar-refractivity contribution in [1.29, 1.82) is 0 Å². The molecule has 8 N–H and O–H groups in total. The van der Waals surface area contributed by atoms with Crippen LogP contribution in [0.4, 0.5) is 0 Å². The van der Waals surface area contributed by atoms with Gasteiger partial charge in [-0.1, -0.05) is 27.7 Å². The topological polar surface area (TPSA) is 224 Å². The van der Waals surface area contributed by atoms with E-state index in [-0.39, 0.29) is 0 Å². The van der Waals surface area contributed by atoms with Gasteiger partial charge < -0.3 is 55.1 Å². The molecular formula is C22H38O13. The van der Waals surface area contributed by atoms with Crippen LogP contribution < -0.4 is 0 Å². The van der Waals surface area contributed by atoms with Gasteiger partial charge in [0.1, 0.15) is 43.2 Å². The van der Waals surface area contributed by atoms with Crippen LogP contribution in [0.1, 0.15) is 40.5 Å². The van der Waals surface area contributed by atoms with Crippen LogP contribution in [0.3, 0.4) is 0 Å². The van der Waals surface area contributed by atoms with Crippen molar-refractivity contribution < 1.29 is 64.7 Å². The minimum absolute atomic E-state index is 0.398. The normalized spacial score (nSPS) is 42.1. The van der Waals surface area contributed by atoms with E-state index in [0.717, 1.165) is 0 Å². The number of carbonyl (C=O) groups excluding carboxylic acids is 2. The van der Waals surface area contributed by atoms with E-state index in [1.807, 2.05) is 0 Å². The fourth-order valence-electron chi connectivity index (χ4n) is 4.48. The lowest BCUT2D eigenvalue weighted by Gasteiger charge is -2.55. The first-order valence-corrected chi connectivity index (χ1v) is 11.6. The van der Waals surface area contributed by atoms with Crippen molar-refractivity contribution in [3.63, 3.8) is 0 Å². The molecule has 0 bridgehead atoms. The van der Waals surface area contributed by atoms with Crippen molar-refractivity contribution in [2.45, 2.75) is 94.3 Å². The fraction of sp³-hybridized carbons (Fsp3) is 0.909. The third-order valence-electron chi connectivity index (χ3n) is 6.33. The predicted molar refractivity (Wildman–Crippen MR) is 115 cm³/mol. The molecule has 2 heterocycles. The van der Waals surface area contributed by atoms with E-state index in [4.69, 9.17) is 14.2 Å². The zero-order valence-corrected chi connectivity index (χ0v) is 20.3. The maximum absolute atomic E-state index is 13.7. The zero-order valence-electron chi connectivity index (χ0n) is 20.3. The number of rotatable bonds is 11. The van der Waals surface area contributed by atoms with Crippen molar-refractivity contribution in [2.24, 2.45) is 11.8 Å². The van der Waals surface area contributed by atoms with Gasteiger partial charge in [-0.3, -0.25) is 9.59 Å². The second kappa shape index (κ2) is 11.1. The molecule has 2 aliphatic rings. The van der Waals surface area contributed by atoms with E-state index in [1.165, 1.54) is 0 Å². The van der Waals surface area contributed by atoms with Crippen LogP contribution in [0, 0.1) is 11.8 Å². The second-order valence-corrected chi connectivity index (χ2v) is 10.0. The smallest absolute Gasteiger partial charge is 0.272 e. The van der Waals surface area contributed by atoms with Crippen molar-refractivity contribution in [3.05, 3.63) is 0 Å². The Bertz CT molecular complexity index is 760. The molecule has 0 amide bonds. The Morgan fingerprint density at radius 3 is 1.69 bits per heavy atom. The van der Waals surface area contributed by atoms with Gasteiger partial charge in [-0.2, -0.15) is 0 Å². The van der Waals surface area contributed by atoms with Crippen molar-refractivity contribution >= 4 is 11.6 Å². The minimum Gasteiger partial charge on any atom is -0.394 e. The Balaban J connectivity index is 2.80. The summed E-state index contributed by atoms with van der Waals surface area (Å²) in [5.74, 6) is -9.02. The standard InChI is InChI=1S/C22H38O13/c1-10(2)5-14(26)21(32)19(31)17(29)13(8-24)34-22(21,15(27)6-11(3)4)35-20(9-25)18(30)16(28)12(7-23)33-20/h10-13,16-19,23-25,28-32H,5-9H2,1-4H3/t12-,13-,16-,17-,18+,19+,20?,21-,22+/m1/s1. The molecule has 13 heteroatoms. The molecule has 0 aromatic carbocycles. The Morgan fingerprint density at radius 1 is 0.800 bits per heavy atom. The summed E-state index contributed by atoms with van der Waals surface area (Å²) in [5.41, 5.74) is -3.29.